The van der Waals surface area contributed by atoms with E-state index in [-0.39, 0.29) is 37.0 Å². The van der Waals surface area contributed by atoms with Gasteiger partial charge in [0.15, 0.2) is 0 Å². The highest BCUT2D eigenvalue weighted by Crippen LogP contribution is 2.41. The van der Waals surface area contributed by atoms with E-state index in [1.807, 2.05) is 18.2 Å². The minimum Gasteiger partial charge on any atom is -0.480 e. The molecule has 2 heterocycles. The molecule has 2 aromatic rings. The van der Waals surface area contributed by atoms with Crippen LogP contribution in [0.5, 0.6) is 5.88 Å². The molecule has 0 unspecified atom stereocenters. The maximum absolute atomic E-state index is 14.6. The van der Waals surface area contributed by atoms with Gasteiger partial charge in [-0.3, -0.25) is 0 Å². The fraction of sp³-hybridized carbons (Fsp3) is 0.389. The van der Waals surface area contributed by atoms with Crippen LogP contribution >= 0.6 is 0 Å². The topological polar surface area (TPSA) is 113 Å². The van der Waals surface area contributed by atoms with Gasteiger partial charge in [0, 0.05) is 24.4 Å². The van der Waals surface area contributed by atoms with E-state index in [2.05, 4.69) is 20.2 Å². The Morgan fingerprint density at radius 3 is 2.83 bits per heavy atom. The summed E-state index contributed by atoms with van der Waals surface area (Å²) in [6, 6.07) is 10.2. The number of hydrogen-bond acceptors (Lipinski definition) is 6. The largest absolute Gasteiger partial charge is 0.480 e. The molecule has 11 heteroatoms. The number of methoxy groups -OCH3 is 1. The SMILES string of the molecule is COc1nnc([C@@H]2CN(C(=O)OCc3ccccc3)CCC2(F)F)cc1N=[N+]=[N-]. The van der Waals surface area contributed by atoms with Crippen molar-refractivity contribution in [1.29, 1.82) is 0 Å². The molecular weight excluding hydrogens is 386 g/mol. The number of amides is 1. The van der Waals surface area contributed by atoms with Crippen LogP contribution in [0.15, 0.2) is 41.5 Å². The van der Waals surface area contributed by atoms with Crippen molar-refractivity contribution in [3.8, 4) is 5.88 Å². The van der Waals surface area contributed by atoms with Crippen molar-refractivity contribution in [2.45, 2.75) is 24.9 Å². The maximum Gasteiger partial charge on any atom is 0.410 e. The van der Waals surface area contributed by atoms with Crippen LogP contribution in [-0.4, -0.2) is 47.3 Å². The van der Waals surface area contributed by atoms with Crippen molar-refractivity contribution in [3.05, 3.63) is 58.1 Å². The number of benzene rings is 1. The lowest BCUT2D eigenvalue weighted by molar-refractivity contribution is -0.0741. The number of rotatable bonds is 5. The van der Waals surface area contributed by atoms with Crippen LogP contribution in [0, 0.1) is 0 Å². The number of likely N-dealkylation sites (tertiary alicyclic amines) is 1. The summed E-state index contributed by atoms with van der Waals surface area (Å²) in [6.45, 7) is -0.415. The van der Waals surface area contributed by atoms with Crippen molar-refractivity contribution in [1.82, 2.24) is 15.1 Å². The van der Waals surface area contributed by atoms with E-state index in [1.165, 1.54) is 18.1 Å². The number of hydrogen-bond donors (Lipinski definition) is 0. The first-order valence-electron chi connectivity index (χ1n) is 8.74. The highest BCUT2D eigenvalue weighted by atomic mass is 19.3. The number of alkyl halides is 2. The standard InChI is InChI=1S/C18H18F2N6O3/c1-28-16-15(23-25-21)9-14(22-24-16)13-10-26(8-7-18(13,19)20)17(27)29-11-12-5-3-2-4-6-12/h2-6,9,13H,7-8,10-11H2,1H3/t13-/m0/s1. The molecule has 0 bridgehead atoms. The van der Waals surface area contributed by atoms with Gasteiger partial charge in [-0.05, 0) is 17.2 Å². The van der Waals surface area contributed by atoms with Gasteiger partial charge in [0.05, 0.1) is 18.7 Å². The molecule has 0 N–H and O–H groups in total. The summed E-state index contributed by atoms with van der Waals surface area (Å²) >= 11 is 0. The van der Waals surface area contributed by atoms with E-state index < -0.39 is 24.4 Å². The predicted octanol–water partition coefficient (Wildman–Crippen LogP) is 4.19. The fourth-order valence-electron chi connectivity index (χ4n) is 3.01. The lowest BCUT2D eigenvalue weighted by Crippen LogP contribution is -2.48. The summed E-state index contributed by atoms with van der Waals surface area (Å²) in [5.41, 5.74) is 9.29. The molecule has 0 aliphatic carbocycles. The lowest BCUT2D eigenvalue weighted by atomic mass is 9.90. The third kappa shape index (κ3) is 4.69. The van der Waals surface area contributed by atoms with Crippen LogP contribution in [0.1, 0.15) is 23.6 Å². The van der Waals surface area contributed by atoms with E-state index in [4.69, 9.17) is 15.0 Å². The molecule has 152 valence electrons. The molecule has 1 aliphatic heterocycles. The smallest absolute Gasteiger partial charge is 0.410 e. The molecule has 1 amide bonds. The average Bonchev–Trinajstić information content (AvgIpc) is 2.73. The Morgan fingerprint density at radius 1 is 1.38 bits per heavy atom. The molecule has 3 rings (SSSR count). The Kier molecular flexibility index (Phi) is 6.08. The third-order valence-corrected chi connectivity index (χ3v) is 4.55. The summed E-state index contributed by atoms with van der Waals surface area (Å²) < 4.78 is 39.3. The fourth-order valence-corrected chi connectivity index (χ4v) is 3.01. The highest BCUT2D eigenvalue weighted by molar-refractivity contribution is 5.68. The van der Waals surface area contributed by atoms with E-state index in [0.717, 1.165) is 5.56 Å². The predicted molar refractivity (Wildman–Crippen MR) is 97.9 cm³/mol. The summed E-state index contributed by atoms with van der Waals surface area (Å²) in [5.74, 6) is -4.62. The van der Waals surface area contributed by atoms with Crippen LogP contribution in [0.3, 0.4) is 0 Å². The van der Waals surface area contributed by atoms with Crippen molar-refractivity contribution >= 4 is 11.8 Å². The molecule has 0 radical (unpaired) electrons. The van der Waals surface area contributed by atoms with Crippen molar-refractivity contribution in [3.63, 3.8) is 0 Å². The van der Waals surface area contributed by atoms with Crippen LogP contribution in [0.25, 0.3) is 10.4 Å². The first-order valence-corrected chi connectivity index (χ1v) is 8.74. The number of aromatic nitrogens is 2. The highest BCUT2D eigenvalue weighted by Gasteiger charge is 2.47. The zero-order valence-electron chi connectivity index (χ0n) is 15.5. The van der Waals surface area contributed by atoms with Gasteiger partial charge in [0.1, 0.15) is 12.3 Å². The Bertz CT molecular complexity index is 921. The van der Waals surface area contributed by atoms with Gasteiger partial charge in [-0.15, -0.1) is 5.10 Å². The van der Waals surface area contributed by atoms with Crippen LogP contribution in [0.4, 0.5) is 19.3 Å². The molecule has 1 fully saturated rings. The number of carbonyl (C=O) groups excluding carboxylic acids is 1. The van der Waals surface area contributed by atoms with E-state index in [1.54, 1.807) is 12.1 Å². The second-order valence-corrected chi connectivity index (χ2v) is 6.40. The Morgan fingerprint density at radius 2 is 2.14 bits per heavy atom. The molecule has 0 spiro atoms. The van der Waals surface area contributed by atoms with Gasteiger partial charge in [-0.1, -0.05) is 35.4 Å². The Hall–Kier alpha value is -3.46. The molecule has 1 aromatic carbocycles. The minimum absolute atomic E-state index is 0.0423. The zero-order valence-corrected chi connectivity index (χ0v) is 15.5. The summed E-state index contributed by atoms with van der Waals surface area (Å²) in [7, 11) is 1.29. The van der Waals surface area contributed by atoms with Crippen LogP contribution in [0.2, 0.25) is 0 Å². The minimum atomic E-state index is -3.12. The zero-order chi connectivity index (χ0) is 20.9. The average molecular weight is 404 g/mol. The number of piperidine rings is 1. The van der Waals surface area contributed by atoms with Gasteiger partial charge >= 0.3 is 6.09 Å². The molecule has 0 saturated carbocycles. The quantitative estimate of drug-likeness (QED) is 0.421. The third-order valence-electron chi connectivity index (χ3n) is 4.55. The lowest BCUT2D eigenvalue weighted by Gasteiger charge is -2.37. The summed E-state index contributed by atoms with van der Waals surface area (Å²) in [4.78, 5) is 16.2. The van der Waals surface area contributed by atoms with Crippen molar-refractivity contribution in [2.75, 3.05) is 20.2 Å². The summed E-state index contributed by atoms with van der Waals surface area (Å²) in [6.07, 6.45) is -1.24. The number of nitrogens with zero attached hydrogens (tertiary/aromatic N) is 6. The molecule has 1 aliphatic rings. The van der Waals surface area contributed by atoms with Gasteiger partial charge < -0.3 is 14.4 Å². The molecule has 29 heavy (non-hydrogen) atoms. The molecule has 1 saturated heterocycles. The van der Waals surface area contributed by atoms with Crippen LogP contribution in [-0.2, 0) is 11.3 Å². The summed E-state index contributed by atoms with van der Waals surface area (Å²) in [5, 5.41) is 10.9. The first-order chi connectivity index (χ1) is 13.9. The number of carbonyl (C=O) groups is 1. The van der Waals surface area contributed by atoms with E-state index >= 15 is 0 Å². The second kappa shape index (κ2) is 8.70. The molecule has 1 aromatic heterocycles. The first kappa shape index (κ1) is 20.3. The van der Waals surface area contributed by atoms with Gasteiger partial charge in [0.2, 0.25) is 5.88 Å². The number of halogens is 2. The van der Waals surface area contributed by atoms with Crippen LogP contribution < -0.4 is 4.74 Å². The van der Waals surface area contributed by atoms with E-state index in [0.29, 0.717) is 0 Å². The maximum atomic E-state index is 14.6. The number of ether oxygens (including phenoxy) is 2. The molecular formula is C18H18F2N6O3. The monoisotopic (exact) mass is 404 g/mol. The molecule has 9 nitrogen and oxygen atoms in total. The Balaban J connectivity index is 1.76. The second-order valence-electron chi connectivity index (χ2n) is 6.40. The van der Waals surface area contributed by atoms with E-state index in [9.17, 15) is 13.6 Å². The normalized spacial score (nSPS) is 17.9. The Labute approximate surface area is 164 Å². The molecule has 1 atom stereocenters. The van der Waals surface area contributed by atoms with Crippen molar-refractivity contribution in [2.24, 2.45) is 5.11 Å². The van der Waals surface area contributed by atoms with Gasteiger partial charge in [-0.2, -0.15) is 5.10 Å². The van der Waals surface area contributed by atoms with Crippen molar-refractivity contribution < 1.29 is 23.0 Å². The van der Waals surface area contributed by atoms with Gasteiger partial charge in [0.25, 0.3) is 5.92 Å². The number of azide groups is 1. The van der Waals surface area contributed by atoms with Gasteiger partial charge in [-0.25, -0.2) is 13.6 Å².